The number of rotatable bonds is 7. The Morgan fingerprint density at radius 1 is 0.939 bits per heavy atom. The van der Waals surface area contributed by atoms with Gasteiger partial charge in [0.05, 0.1) is 11.6 Å². The largest absolute Gasteiger partial charge is 0.486 e. The molecule has 0 fully saturated rings. The quantitative estimate of drug-likeness (QED) is 0.506. The van der Waals surface area contributed by atoms with Crippen LogP contribution >= 0.6 is 23.2 Å². The highest BCUT2D eigenvalue weighted by atomic mass is 35.5. The molecule has 0 saturated carbocycles. The average molecular weight is 507 g/mol. The first kappa shape index (κ1) is 23.4. The maximum atomic E-state index is 13.5. The smallest absolute Gasteiger partial charge is 0.245 e. The van der Waals surface area contributed by atoms with Crippen LogP contribution in [-0.2, 0) is 21.4 Å². The Kier molecular flexibility index (Phi) is 7.09. The molecule has 3 aromatic rings. The topological polar surface area (TPSA) is 84.9 Å². The van der Waals surface area contributed by atoms with Gasteiger partial charge in [0.1, 0.15) is 18.1 Å². The number of nitrogens with one attached hydrogen (secondary N) is 1. The van der Waals surface area contributed by atoms with Gasteiger partial charge in [-0.15, -0.1) is 0 Å². The van der Waals surface area contributed by atoms with Crippen molar-refractivity contribution in [2.45, 2.75) is 11.4 Å². The van der Waals surface area contributed by atoms with Crippen molar-refractivity contribution in [1.29, 1.82) is 0 Å². The number of hydrogen-bond acceptors (Lipinski definition) is 5. The molecule has 4 rings (SSSR count). The van der Waals surface area contributed by atoms with E-state index in [9.17, 15) is 13.2 Å². The molecular weight excluding hydrogens is 487 g/mol. The lowest BCUT2D eigenvalue weighted by molar-refractivity contribution is -0.116. The van der Waals surface area contributed by atoms with Crippen molar-refractivity contribution in [2.75, 3.05) is 25.1 Å². The number of hydrogen-bond donors (Lipinski definition) is 1. The molecule has 0 unspecified atom stereocenters. The van der Waals surface area contributed by atoms with Crippen LogP contribution in [0, 0.1) is 0 Å². The van der Waals surface area contributed by atoms with Crippen molar-refractivity contribution < 1.29 is 22.7 Å². The lowest BCUT2D eigenvalue weighted by atomic mass is 10.2. The Morgan fingerprint density at radius 2 is 1.67 bits per heavy atom. The molecule has 0 spiro atoms. The van der Waals surface area contributed by atoms with Crippen molar-refractivity contribution in [3.05, 3.63) is 82.3 Å². The molecule has 1 heterocycles. The van der Waals surface area contributed by atoms with E-state index >= 15 is 0 Å². The van der Waals surface area contributed by atoms with Gasteiger partial charge in [0.2, 0.25) is 15.9 Å². The fourth-order valence-corrected chi connectivity index (χ4v) is 5.43. The number of amides is 1. The Balaban J connectivity index is 1.59. The first-order valence-electron chi connectivity index (χ1n) is 10.0. The molecule has 10 heteroatoms. The summed E-state index contributed by atoms with van der Waals surface area (Å²) < 4.78 is 39.0. The van der Waals surface area contributed by atoms with Gasteiger partial charge >= 0.3 is 0 Å². The maximum Gasteiger partial charge on any atom is 0.245 e. The van der Waals surface area contributed by atoms with Crippen LogP contribution in [-0.4, -0.2) is 38.4 Å². The maximum absolute atomic E-state index is 13.5. The molecular formula is C23H20Cl2N2O5S. The number of halogens is 2. The Labute approximate surface area is 201 Å². The van der Waals surface area contributed by atoms with Crippen LogP contribution in [0.2, 0.25) is 10.0 Å². The number of ether oxygens (including phenoxy) is 2. The van der Waals surface area contributed by atoms with Crippen LogP contribution in [0.1, 0.15) is 5.56 Å². The highest BCUT2D eigenvalue weighted by molar-refractivity contribution is 7.89. The van der Waals surface area contributed by atoms with Crippen molar-refractivity contribution in [1.82, 2.24) is 4.31 Å². The molecule has 0 bridgehead atoms. The van der Waals surface area contributed by atoms with Gasteiger partial charge in [-0.3, -0.25) is 4.79 Å². The molecule has 7 nitrogen and oxygen atoms in total. The Bertz CT molecular complexity index is 1270. The number of carbonyl (C=O) groups is 1. The Morgan fingerprint density at radius 3 is 2.42 bits per heavy atom. The summed E-state index contributed by atoms with van der Waals surface area (Å²) in [5, 5.41) is 2.96. The second-order valence-electron chi connectivity index (χ2n) is 7.24. The number of sulfonamides is 1. The molecule has 172 valence electrons. The molecule has 0 radical (unpaired) electrons. The van der Waals surface area contributed by atoms with Crippen molar-refractivity contribution in [3.63, 3.8) is 0 Å². The number of benzene rings is 3. The summed E-state index contributed by atoms with van der Waals surface area (Å²) in [7, 11) is -4.14. The van der Waals surface area contributed by atoms with Crippen LogP contribution in [0.3, 0.4) is 0 Å². The second-order valence-corrected chi connectivity index (χ2v) is 9.99. The number of nitrogens with zero attached hydrogens (tertiary/aromatic N) is 1. The molecule has 0 aliphatic carbocycles. The standard InChI is InChI=1S/C23H20Cl2N2O5S/c24-17-6-8-19(25)22(12-17)33(29,30)27(14-16-4-2-1-3-5-16)15-23(28)26-18-7-9-20-21(13-18)32-11-10-31-20/h1-9,12-13H,10-11,14-15H2,(H,26,28). The van der Waals surface area contributed by atoms with E-state index < -0.39 is 22.5 Å². The van der Waals surface area contributed by atoms with Crippen LogP contribution in [0.5, 0.6) is 11.5 Å². The summed E-state index contributed by atoms with van der Waals surface area (Å²) >= 11 is 12.2. The lowest BCUT2D eigenvalue weighted by Crippen LogP contribution is -2.37. The van der Waals surface area contributed by atoms with E-state index in [0.717, 1.165) is 4.31 Å². The first-order chi connectivity index (χ1) is 15.8. The predicted octanol–water partition coefficient (Wildman–Crippen LogP) is 4.59. The van der Waals surface area contributed by atoms with E-state index in [1.165, 1.54) is 18.2 Å². The van der Waals surface area contributed by atoms with Crippen LogP contribution in [0.25, 0.3) is 0 Å². The number of anilines is 1. The fraction of sp³-hybridized carbons (Fsp3) is 0.174. The third-order valence-corrected chi connectivity index (χ3v) is 7.37. The van der Waals surface area contributed by atoms with Gasteiger partial charge in [0.15, 0.2) is 11.5 Å². The molecule has 0 aromatic heterocycles. The Hall–Kier alpha value is -2.78. The summed E-state index contributed by atoms with van der Waals surface area (Å²) in [6.07, 6.45) is 0. The average Bonchev–Trinajstić information content (AvgIpc) is 2.80. The molecule has 1 aliphatic rings. The minimum Gasteiger partial charge on any atom is -0.486 e. The van der Waals surface area contributed by atoms with Gasteiger partial charge in [0, 0.05) is 23.3 Å². The van der Waals surface area contributed by atoms with E-state index in [-0.39, 0.29) is 21.5 Å². The zero-order valence-corrected chi connectivity index (χ0v) is 19.7. The molecule has 1 aliphatic heterocycles. The van der Waals surface area contributed by atoms with E-state index in [1.54, 1.807) is 42.5 Å². The van der Waals surface area contributed by atoms with Crippen LogP contribution in [0.15, 0.2) is 71.6 Å². The zero-order chi connectivity index (χ0) is 23.4. The van der Waals surface area contributed by atoms with Crippen molar-refractivity contribution in [3.8, 4) is 11.5 Å². The van der Waals surface area contributed by atoms with Crippen molar-refractivity contribution >= 4 is 44.8 Å². The highest BCUT2D eigenvalue weighted by Gasteiger charge is 2.29. The van der Waals surface area contributed by atoms with Gasteiger partial charge in [-0.25, -0.2) is 8.42 Å². The summed E-state index contributed by atoms with van der Waals surface area (Å²) in [5.74, 6) is 0.575. The molecule has 3 aromatic carbocycles. The summed E-state index contributed by atoms with van der Waals surface area (Å²) in [5.41, 5.74) is 1.17. The SMILES string of the molecule is O=C(CN(Cc1ccccc1)S(=O)(=O)c1cc(Cl)ccc1Cl)Nc1ccc2c(c1)OCCO2. The van der Waals surface area contributed by atoms with E-state index in [2.05, 4.69) is 5.32 Å². The zero-order valence-electron chi connectivity index (χ0n) is 17.3. The van der Waals surface area contributed by atoms with Gasteiger partial charge < -0.3 is 14.8 Å². The van der Waals surface area contributed by atoms with Crippen molar-refractivity contribution in [2.24, 2.45) is 0 Å². The first-order valence-corrected chi connectivity index (χ1v) is 12.2. The van der Waals surface area contributed by atoms with E-state index in [4.69, 9.17) is 32.7 Å². The predicted molar refractivity (Wildman–Crippen MR) is 127 cm³/mol. The lowest BCUT2D eigenvalue weighted by Gasteiger charge is -2.23. The van der Waals surface area contributed by atoms with Gasteiger partial charge in [-0.2, -0.15) is 4.31 Å². The molecule has 0 atom stereocenters. The summed E-state index contributed by atoms with van der Waals surface area (Å²) in [6, 6.07) is 18.1. The fourth-order valence-electron chi connectivity index (χ4n) is 3.31. The minimum absolute atomic E-state index is 0.0182. The van der Waals surface area contributed by atoms with Crippen LogP contribution < -0.4 is 14.8 Å². The van der Waals surface area contributed by atoms with Gasteiger partial charge in [0.25, 0.3) is 0 Å². The summed E-state index contributed by atoms with van der Waals surface area (Å²) in [4.78, 5) is 12.7. The monoisotopic (exact) mass is 506 g/mol. The molecule has 1 amide bonds. The number of fused-ring (bicyclic) bond motifs is 1. The van der Waals surface area contributed by atoms with Gasteiger partial charge in [-0.05, 0) is 35.9 Å². The van der Waals surface area contributed by atoms with E-state index in [0.29, 0.717) is 36.0 Å². The minimum atomic E-state index is -4.14. The molecule has 0 saturated heterocycles. The van der Waals surface area contributed by atoms with E-state index in [1.807, 2.05) is 6.07 Å². The third-order valence-electron chi connectivity index (χ3n) is 4.86. The third kappa shape index (κ3) is 5.59. The van der Waals surface area contributed by atoms with Crippen LogP contribution in [0.4, 0.5) is 5.69 Å². The molecule has 33 heavy (non-hydrogen) atoms. The number of carbonyl (C=O) groups excluding carboxylic acids is 1. The normalized spacial score (nSPS) is 13.1. The molecule has 1 N–H and O–H groups in total. The highest BCUT2D eigenvalue weighted by Crippen LogP contribution is 2.33. The second kappa shape index (κ2) is 10.0. The van der Waals surface area contributed by atoms with Gasteiger partial charge in [-0.1, -0.05) is 53.5 Å². The summed E-state index contributed by atoms with van der Waals surface area (Å²) in [6.45, 7) is 0.403.